The van der Waals surface area contributed by atoms with Crippen molar-refractivity contribution in [1.29, 1.82) is 0 Å². The summed E-state index contributed by atoms with van der Waals surface area (Å²) >= 11 is 0. The van der Waals surface area contributed by atoms with E-state index in [1.165, 1.54) is 14.0 Å². The van der Waals surface area contributed by atoms with Crippen molar-refractivity contribution in [3.63, 3.8) is 0 Å². The molecule has 6 atom stereocenters. The minimum Gasteiger partial charge on any atom is -0.467 e. The Hall–Kier alpha value is -4.45. The summed E-state index contributed by atoms with van der Waals surface area (Å²) in [7, 11) is 1.25. The minimum absolute atomic E-state index is 0.0224. The van der Waals surface area contributed by atoms with E-state index in [9.17, 15) is 29.1 Å². The van der Waals surface area contributed by atoms with Crippen LogP contribution in [0.3, 0.4) is 0 Å². The second-order valence-electron chi connectivity index (χ2n) is 13.4. The standard InChI is InChI=1S/C37H54N4O8/c1-22(2)28(34(44)40-31(23(3)4)35(45)41-32(24(5)6)36(46)48-8)20-30(42)29(19-26-15-11-9-12-16-26)39-33(43)25(7)38-37(47)49-21-27-17-13-10-14-18-27/h9-18,22-25,28-32,42H,19-21H2,1-8H3,(H,38,47)(H,39,43)(H,40,44)(H,41,45)/t25-,28-,29-,30-,31-,32-/m0/s1. The van der Waals surface area contributed by atoms with Crippen LogP contribution in [0.25, 0.3) is 0 Å². The van der Waals surface area contributed by atoms with Gasteiger partial charge in [-0.3, -0.25) is 14.4 Å². The van der Waals surface area contributed by atoms with Gasteiger partial charge in [-0.2, -0.15) is 0 Å². The fourth-order valence-electron chi connectivity index (χ4n) is 5.24. The lowest BCUT2D eigenvalue weighted by molar-refractivity contribution is -0.147. The van der Waals surface area contributed by atoms with E-state index in [4.69, 9.17) is 9.47 Å². The van der Waals surface area contributed by atoms with Gasteiger partial charge in [-0.1, -0.05) is 102 Å². The summed E-state index contributed by atoms with van der Waals surface area (Å²) in [5, 5.41) is 22.5. The molecule has 0 unspecified atom stereocenters. The Labute approximate surface area is 290 Å². The van der Waals surface area contributed by atoms with Crippen molar-refractivity contribution in [2.75, 3.05) is 7.11 Å². The normalized spacial score (nSPS) is 14.9. The number of carbonyl (C=O) groups is 5. The lowest BCUT2D eigenvalue weighted by Crippen LogP contribution is -2.56. The van der Waals surface area contributed by atoms with Crippen LogP contribution in [0.2, 0.25) is 0 Å². The third-order valence-electron chi connectivity index (χ3n) is 8.33. The van der Waals surface area contributed by atoms with E-state index in [1.54, 1.807) is 27.7 Å². The van der Waals surface area contributed by atoms with Gasteiger partial charge in [-0.15, -0.1) is 0 Å². The first kappa shape index (κ1) is 40.7. The fourth-order valence-corrected chi connectivity index (χ4v) is 5.24. The Balaban J connectivity index is 2.17. The van der Waals surface area contributed by atoms with Crippen LogP contribution in [0.4, 0.5) is 4.79 Å². The molecule has 0 saturated carbocycles. The molecule has 0 radical (unpaired) electrons. The van der Waals surface area contributed by atoms with Crippen LogP contribution < -0.4 is 21.3 Å². The Morgan fingerprint density at radius 2 is 1.18 bits per heavy atom. The number of benzene rings is 2. The molecule has 2 aromatic rings. The van der Waals surface area contributed by atoms with Crippen molar-refractivity contribution in [2.45, 2.75) is 98.2 Å². The predicted octanol–water partition coefficient (Wildman–Crippen LogP) is 3.51. The third kappa shape index (κ3) is 13.5. The molecule has 0 bridgehead atoms. The smallest absolute Gasteiger partial charge is 0.408 e. The zero-order valence-electron chi connectivity index (χ0n) is 29.9. The van der Waals surface area contributed by atoms with Crippen molar-refractivity contribution < 1.29 is 38.6 Å². The van der Waals surface area contributed by atoms with E-state index in [0.29, 0.717) is 0 Å². The van der Waals surface area contributed by atoms with Crippen molar-refractivity contribution >= 4 is 29.8 Å². The molecule has 2 rings (SSSR count). The first-order valence-corrected chi connectivity index (χ1v) is 16.8. The highest BCUT2D eigenvalue weighted by Gasteiger charge is 2.35. The van der Waals surface area contributed by atoms with E-state index in [0.717, 1.165) is 11.1 Å². The Kier molecular flexibility index (Phi) is 16.7. The van der Waals surface area contributed by atoms with Crippen molar-refractivity contribution in [2.24, 2.45) is 23.7 Å². The molecule has 0 spiro atoms. The van der Waals surface area contributed by atoms with E-state index in [1.807, 2.05) is 74.5 Å². The highest BCUT2D eigenvalue weighted by Crippen LogP contribution is 2.22. The second-order valence-corrected chi connectivity index (χ2v) is 13.4. The van der Waals surface area contributed by atoms with Gasteiger partial charge < -0.3 is 35.8 Å². The molecule has 12 nitrogen and oxygen atoms in total. The van der Waals surface area contributed by atoms with Gasteiger partial charge in [0.05, 0.1) is 19.3 Å². The van der Waals surface area contributed by atoms with Gasteiger partial charge in [-0.05, 0) is 48.6 Å². The summed E-state index contributed by atoms with van der Waals surface area (Å²) in [4.78, 5) is 64.9. The molecule has 12 heteroatoms. The fraction of sp³-hybridized carbons (Fsp3) is 0.541. The number of hydrogen-bond acceptors (Lipinski definition) is 8. The van der Waals surface area contributed by atoms with E-state index in [2.05, 4.69) is 21.3 Å². The number of alkyl carbamates (subject to hydrolysis) is 1. The van der Waals surface area contributed by atoms with Crippen LogP contribution in [0.5, 0.6) is 0 Å². The average molecular weight is 683 g/mol. The highest BCUT2D eigenvalue weighted by atomic mass is 16.5. The zero-order chi connectivity index (χ0) is 36.7. The lowest BCUT2D eigenvalue weighted by atomic mass is 9.85. The maximum atomic E-state index is 13.7. The number of hydrogen-bond donors (Lipinski definition) is 5. The topological polar surface area (TPSA) is 172 Å². The molecule has 2 aromatic carbocycles. The number of carbonyl (C=O) groups excluding carboxylic acids is 5. The summed E-state index contributed by atoms with van der Waals surface area (Å²) in [6.45, 7) is 12.3. The van der Waals surface area contributed by atoms with Gasteiger partial charge in [0.1, 0.15) is 24.7 Å². The van der Waals surface area contributed by atoms with Crippen LogP contribution in [-0.2, 0) is 41.7 Å². The first-order chi connectivity index (χ1) is 23.1. The number of methoxy groups -OCH3 is 1. The zero-order valence-corrected chi connectivity index (χ0v) is 29.9. The van der Waals surface area contributed by atoms with Crippen molar-refractivity contribution in [3.8, 4) is 0 Å². The largest absolute Gasteiger partial charge is 0.467 e. The van der Waals surface area contributed by atoms with Gasteiger partial charge in [-0.25, -0.2) is 9.59 Å². The molecule has 4 amide bonds. The summed E-state index contributed by atoms with van der Waals surface area (Å²) in [6.07, 6.45) is -1.70. The maximum Gasteiger partial charge on any atom is 0.408 e. The number of esters is 1. The molecule has 0 aliphatic heterocycles. The Morgan fingerprint density at radius 3 is 1.69 bits per heavy atom. The minimum atomic E-state index is -1.17. The molecule has 49 heavy (non-hydrogen) atoms. The molecule has 0 fully saturated rings. The van der Waals surface area contributed by atoms with E-state index in [-0.39, 0.29) is 37.2 Å². The number of amides is 4. The number of rotatable bonds is 18. The molecule has 0 saturated heterocycles. The molecular formula is C37H54N4O8. The summed E-state index contributed by atoms with van der Waals surface area (Å²) < 4.78 is 10.1. The predicted molar refractivity (Wildman–Crippen MR) is 186 cm³/mol. The second kappa shape index (κ2) is 20.2. The van der Waals surface area contributed by atoms with Gasteiger partial charge in [0.2, 0.25) is 17.7 Å². The van der Waals surface area contributed by atoms with Crippen molar-refractivity contribution in [1.82, 2.24) is 21.3 Å². The summed E-state index contributed by atoms with van der Waals surface area (Å²) in [5.41, 5.74) is 1.65. The average Bonchev–Trinajstić information content (AvgIpc) is 3.06. The van der Waals surface area contributed by atoms with Crippen LogP contribution in [0.15, 0.2) is 60.7 Å². The Morgan fingerprint density at radius 1 is 0.653 bits per heavy atom. The van der Waals surface area contributed by atoms with Crippen LogP contribution in [0, 0.1) is 23.7 Å². The van der Waals surface area contributed by atoms with Gasteiger partial charge in [0, 0.05) is 5.92 Å². The third-order valence-corrected chi connectivity index (χ3v) is 8.33. The number of ether oxygens (including phenoxy) is 2. The molecular weight excluding hydrogens is 628 g/mol. The quantitative estimate of drug-likeness (QED) is 0.149. The van der Waals surface area contributed by atoms with Gasteiger partial charge >= 0.3 is 12.1 Å². The number of aliphatic hydroxyl groups excluding tert-OH is 1. The molecule has 0 aliphatic carbocycles. The lowest BCUT2D eigenvalue weighted by Gasteiger charge is -2.31. The highest BCUT2D eigenvalue weighted by molar-refractivity contribution is 5.91. The van der Waals surface area contributed by atoms with Crippen LogP contribution in [0.1, 0.15) is 66.0 Å². The maximum absolute atomic E-state index is 13.7. The van der Waals surface area contributed by atoms with E-state index < -0.39 is 66.0 Å². The molecule has 5 N–H and O–H groups in total. The first-order valence-electron chi connectivity index (χ1n) is 16.8. The van der Waals surface area contributed by atoms with Gasteiger partial charge in [0.25, 0.3) is 0 Å². The Bertz CT molecular complexity index is 1350. The molecule has 0 aliphatic rings. The number of aliphatic hydroxyl groups is 1. The summed E-state index contributed by atoms with van der Waals surface area (Å²) in [5.74, 6) is -3.61. The van der Waals surface area contributed by atoms with Crippen LogP contribution >= 0.6 is 0 Å². The summed E-state index contributed by atoms with van der Waals surface area (Å²) in [6, 6.07) is 14.8. The molecule has 0 aromatic heterocycles. The van der Waals surface area contributed by atoms with Gasteiger partial charge in [0.15, 0.2) is 0 Å². The SMILES string of the molecule is COC(=O)[C@@H](NC(=O)[C@@H](NC(=O)[C@@H](C[C@H](O)[C@H](Cc1ccccc1)NC(=O)[C@H](C)NC(=O)OCc1ccccc1)C(C)C)C(C)C)C(C)C. The monoisotopic (exact) mass is 682 g/mol. The van der Waals surface area contributed by atoms with Crippen LogP contribution in [-0.4, -0.2) is 72.3 Å². The van der Waals surface area contributed by atoms with Crippen molar-refractivity contribution in [3.05, 3.63) is 71.8 Å². The number of nitrogens with one attached hydrogen (secondary N) is 4. The molecule has 270 valence electrons. The van der Waals surface area contributed by atoms with E-state index >= 15 is 0 Å². The molecule has 0 heterocycles.